The van der Waals surface area contributed by atoms with Crippen molar-refractivity contribution in [3.63, 3.8) is 0 Å². The van der Waals surface area contributed by atoms with Gasteiger partial charge in [-0.3, -0.25) is 0 Å². The molecule has 5 fully saturated rings. The van der Waals surface area contributed by atoms with E-state index in [1.807, 2.05) is 41.5 Å². The van der Waals surface area contributed by atoms with Crippen LogP contribution in [0.4, 0.5) is 0 Å². The van der Waals surface area contributed by atoms with Crippen LogP contribution >= 0.6 is 0 Å². The maximum Gasteiger partial charge on any atom is -0.0321 e. The molecule has 0 aromatic rings. The first-order chi connectivity index (χ1) is 10.4. The molecule has 0 heterocycles. The second-order valence-electron chi connectivity index (χ2n) is 7.38. The van der Waals surface area contributed by atoms with Crippen LogP contribution in [0.1, 0.15) is 86.5 Å². The molecule has 0 amide bonds. The molecule has 5 rings (SSSR count). The highest BCUT2D eigenvalue weighted by molar-refractivity contribution is 5.12. The Morgan fingerprint density at radius 1 is 0.429 bits per heavy atom. The van der Waals surface area contributed by atoms with Crippen molar-refractivity contribution >= 4 is 0 Å². The topological polar surface area (TPSA) is 0 Å². The Labute approximate surface area is 134 Å². The molecule has 0 aromatic heterocycles. The van der Waals surface area contributed by atoms with Crippen molar-refractivity contribution < 1.29 is 0 Å². The van der Waals surface area contributed by atoms with Gasteiger partial charge in [0.15, 0.2) is 0 Å². The Kier molecular flexibility index (Phi) is 6.21. The first-order valence-corrected chi connectivity index (χ1v) is 10.4. The zero-order chi connectivity index (χ0) is 15.6. The number of fused-ring (bicyclic) bond motifs is 11. The van der Waals surface area contributed by atoms with Crippen molar-refractivity contribution in [3.8, 4) is 0 Å². The van der Waals surface area contributed by atoms with Crippen LogP contribution in [-0.4, -0.2) is 0 Å². The van der Waals surface area contributed by atoms with E-state index in [-0.39, 0.29) is 0 Å². The quantitative estimate of drug-likeness (QED) is 0.461. The van der Waals surface area contributed by atoms with E-state index < -0.39 is 0 Å². The van der Waals surface area contributed by atoms with Gasteiger partial charge in [0.25, 0.3) is 0 Å². The van der Waals surface area contributed by atoms with E-state index in [1.54, 1.807) is 44.9 Å². The Morgan fingerprint density at radius 2 is 0.762 bits per heavy atom. The van der Waals surface area contributed by atoms with Gasteiger partial charge in [0.05, 0.1) is 0 Å². The molecule has 0 saturated heterocycles. The summed E-state index contributed by atoms with van der Waals surface area (Å²) in [6.07, 6.45) is 11.4. The smallest absolute Gasteiger partial charge is 0.0321 e. The van der Waals surface area contributed by atoms with Gasteiger partial charge in [0.2, 0.25) is 0 Å². The van der Waals surface area contributed by atoms with Gasteiger partial charge in [-0.2, -0.15) is 0 Å². The predicted molar refractivity (Wildman–Crippen MR) is 94.3 cm³/mol. The minimum Gasteiger partial charge on any atom is -0.0683 e. The summed E-state index contributed by atoms with van der Waals surface area (Å²) in [6.45, 7) is 12.0. The van der Waals surface area contributed by atoms with Crippen LogP contribution in [0, 0.1) is 47.3 Å². The monoisotopic (exact) mass is 292 g/mol. The molecule has 0 radical (unpaired) electrons. The van der Waals surface area contributed by atoms with Gasteiger partial charge in [0.1, 0.15) is 0 Å². The van der Waals surface area contributed by atoms with E-state index in [0.29, 0.717) is 0 Å². The zero-order valence-electron chi connectivity index (χ0n) is 15.6. The second-order valence-corrected chi connectivity index (χ2v) is 7.38. The average molecular weight is 293 g/mol. The molecule has 8 unspecified atom stereocenters. The molecule has 5 aliphatic carbocycles. The lowest BCUT2D eigenvalue weighted by atomic mass is 9.72. The number of hydrogen-bond donors (Lipinski definition) is 0. The molecule has 4 bridgehead atoms. The fourth-order valence-electron chi connectivity index (χ4n) is 7.12. The predicted octanol–water partition coefficient (Wildman–Crippen LogP) is 6.79. The normalized spacial score (nSPS) is 50.0. The van der Waals surface area contributed by atoms with Gasteiger partial charge in [-0.05, 0) is 92.3 Å². The van der Waals surface area contributed by atoms with Crippen LogP contribution in [-0.2, 0) is 0 Å². The maximum atomic E-state index is 2.00. The fourth-order valence-corrected chi connectivity index (χ4v) is 7.12. The van der Waals surface area contributed by atoms with Gasteiger partial charge in [-0.1, -0.05) is 41.5 Å². The van der Waals surface area contributed by atoms with Crippen LogP contribution in [0.25, 0.3) is 0 Å². The third-order valence-corrected chi connectivity index (χ3v) is 7.30. The van der Waals surface area contributed by atoms with Crippen LogP contribution in [0.15, 0.2) is 0 Å². The molecular formula is C21H40. The molecule has 0 heteroatoms. The standard InChI is InChI=1S/C15H22.3C2H6/c1-3-10-5-8(1)12-7-13-9-2-4-11(6-9)15(13)14(10)12;3*1-2/h8-15H,1-7H2;3*1-2H3. The highest BCUT2D eigenvalue weighted by Crippen LogP contribution is 2.70. The molecule has 0 spiro atoms. The van der Waals surface area contributed by atoms with Crippen molar-refractivity contribution in [2.45, 2.75) is 86.5 Å². The van der Waals surface area contributed by atoms with Crippen molar-refractivity contribution in [3.05, 3.63) is 0 Å². The summed E-state index contributed by atoms with van der Waals surface area (Å²) in [6, 6.07) is 0. The Bertz CT molecular complexity index is 277. The van der Waals surface area contributed by atoms with Crippen molar-refractivity contribution in [1.82, 2.24) is 0 Å². The lowest BCUT2D eigenvalue weighted by Crippen LogP contribution is -2.27. The Balaban J connectivity index is 0.000000244. The third kappa shape index (κ3) is 2.59. The lowest BCUT2D eigenvalue weighted by molar-refractivity contribution is 0.153. The summed E-state index contributed by atoms with van der Waals surface area (Å²) in [7, 11) is 0. The molecule has 5 aliphatic rings. The van der Waals surface area contributed by atoms with Crippen LogP contribution in [0.5, 0.6) is 0 Å². The van der Waals surface area contributed by atoms with Crippen LogP contribution in [0.3, 0.4) is 0 Å². The minimum absolute atomic E-state index is 1.20. The van der Waals surface area contributed by atoms with E-state index in [4.69, 9.17) is 0 Å². The first kappa shape index (κ1) is 17.4. The van der Waals surface area contributed by atoms with Gasteiger partial charge >= 0.3 is 0 Å². The minimum atomic E-state index is 1.20. The molecule has 0 aliphatic heterocycles. The summed E-state index contributed by atoms with van der Waals surface area (Å²) in [5.41, 5.74) is 0. The highest BCUT2D eigenvalue weighted by Gasteiger charge is 2.63. The second kappa shape index (κ2) is 7.51. The Hall–Kier alpha value is 0. The van der Waals surface area contributed by atoms with Gasteiger partial charge in [0, 0.05) is 0 Å². The van der Waals surface area contributed by atoms with Crippen molar-refractivity contribution in [2.75, 3.05) is 0 Å². The number of rotatable bonds is 0. The summed E-state index contributed by atoms with van der Waals surface area (Å²) in [5, 5.41) is 0. The van der Waals surface area contributed by atoms with Crippen LogP contribution < -0.4 is 0 Å². The number of hydrogen-bond acceptors (Lipinski definition) is 0. The summed E-state index contributed by atoms with van der Waals surface area (Å²) < 4.78 is 0. The molecule has 5 saturated carbocycles. The average Bonchev–Trinajstić information content (AvgIpc) is 3.33. The summed E-state index contributed by atoms with van der Waals surface area (Å²) >= 11 is 0. The van der Waals surface area contributed by atoms with E-state index >= 15 is 0 Å². The molecule has 21 heavy (non-hydrogen) atoms. The maximum absolute atomic E-state index is 2.00. The molecule has 0 nitrogen and oxygen atoms in total. The highest BCUT2D eigenvalue weighted by atomic mass is 14.7. The first-order valence-electron chi connectivity index (χ1n) is 10.4. The van der Waals surface area contributed by atoms with Gasteiger partial charge < -0.3 is 0 Å². The van der Waals surface area contributed by atoms with Crippen molar-refractivity contribution in [2.24, 2.45) is 47.3 Å². The lowest BCUT2D eigenvalue weighted by Gasteiger charge is -2.33. The van der Waals surface area contributed by atoms with Gasteiger partial charge in [-0.25, -0.2) is 0 Å². The van der Waals surface area contributed by atoms with E-state index in [9.17, 15) is 0 Å². The Morgan fingerprint density at radius 3 is 1.14 bits per heavy atom. The molecule has 0 N–H and O–H groups in total. The van der Waals surface area contributed by atoms with Crippen LogP contribution in [0.2, 0.25) is 0 Å². The molecular weight excluding hydrogens is 252 g/mol. The SMILES string of the molecule is C1CC2CC1C1CC3C4CCC(C4)C3C21.CC.CC.CC. The summed E-state index contributed by atoms with van der Waals surface area (Å²) in [4.78, 5) is 0. The molecule has 0 aromatic carbocycles. The van der Waals surface area contributed by atoms with Gasteiger partial charge in [-0.15, -0.1) is 0 Å². The molecule has 8 atom stereocenters. The largest absolute Gasteiger partial charge is 0.0683 e. The van der Waals surface area contributed by atoms with E-state index in [0.717, 1.165) is 0 Å². The van der Waals surface area contributed by atoms with E-state index in [1.165, 1.54) is 47.3 Å². The summed E-state index contributed by atoms with van der Waals surface area (Å²) in [5.74, 6) is 9.73. The third-order valence-electron chi connectivity index (χ3n) is 7.30. The zero-order valence-corrected chi connectivity index (χ0v) is 15.6. The van der Waals surface area contributed by atoms with E-state index in [2.05, 4.69) is 0 Å². The fraction of sp³-hybridized carbons (Fsp3) is 1.00. The van der Waals surface area contributed by atoms with Crippen molar-refractivity contribution in [1.29, 1.82) is 0 Å². The molecule has 124 valence electrons.